The topological polar surface area (TPSA) is 109 Å². The van der Waals surface area contributed by atoms with E-state index in [0.29, 0.717) is 38.0 Å². The zero-order chi connectivity index (χ0) is 15.9. The summed E-state index contributed by atoms with van der Waals surface area (Å²) in [5.41, 5.74) is 0.857. The molecular weight excluding hydrogens is 421 g/mol. The second-order valence-corrected chi connectivity index (χ2v) is 6.37. The molecule has 0 spiro atoms. The SMILES string of the molecule is CCNC(=NCc1nc(C)c(C)o1)NCCNS(C)(=O)=O.I. The van der Waals surface area contributed by atoms with Crippen molar-refractivity contribution in [2.24, 2.45) is 4.99 Å². The van der Waals surface area contributed by atoms with Crippen LogP contribution in [-0.2, 0) is 16.6 Å². The first-order valence-corrected chi connectivity index (χ1v) is 8.60. The molecule has 1 heterocycles. The van der Waals surface area contributed by atoms with E-state index in [1.54, 1.807) is 0 Å². The number of aromatic nitrogens is 1. The van der Waals surface area contributed by atoms with Crippen molar-refractivity contribution in [3.8, 4) is 0 Å². The molecule has 0 saturated heterocycles. The number of nitrogens with one attached hydrogen (secondary N) is 3. The molecular formula is C12H24IN5O3S. The smallest absolute Gasteiger partial charge is 0.216 e. The van der Waals surface area contributed by atoms with Crippen molar-refractivity contribution in [1.82, 2.24) is 20.3 Å². The Kier molecular flexibility index (Phi) is 9.60. The Labute approximate surface area is 148 Å². The number of hydrogen-bond donors (Lipinski definition) is 3. The third kappa shape index (κ3) is 8.54. The van der Waals surface area contributed by atoms with Gasteiger partial charge < -0.3 is 15.1 Å². The highest BCUT2D eigenvalue weighted by Gasteiger charge is 2.05. The van der Waals surface area contributed by atoms with E-state index in [1.807, 2.05) is 20.8 Å². The maximum Gasteiger partial charge on any atom is 0.216 e. The molecule has 0 saturated carbocycles. The predicted octanol–water partition coefficient (Wildman–Crippen LogP) is 0.514. The lowest BCUT2D eigenvalue weighted by Gasteiger charge is -2.10. The zero-order valence-electron chi connectivity index (χ0n) is 13.3. The fraction of sp³-hybridized carbons (Fsp3) is 0.667. The molecule has 0 atom stereocenters. The fourth-order valence-corrected chi connectivity index (χ4v) is 1.99. The molecule has 0 fully saturated rings. The molecule has 0 radical (unpaired) electrons. The maximum absolute atomic E-state index is 10.9. The summed E-state index contributed by atoms with van der Waals surface area (Å²) in [6.07, 6.45) is 1.12. The van der Waals surface area contributed by atoms with Gasteiger partial charge >= 0.3 is 0 Å². The second-order valence-electron chi connectivity index (χ2n) is 4.54. The fourth-order valence-electron chi connectivity index (χ4n) is 1.51. The number of nitrogens with zero attached hydrogens (tertiary/aromatic N) is 2. The van der Waals surface area contributed by atoms with Crippen molar-refractivity contribution in [2.45, 2.75) is 27.3 Å². The molecule has 0 unspecified atom stereocenters. The third-order valence-corrected chi connectivity index (χ3v) is 3.30. The summed E-state index contributed by atoms with van der Waals surface area (Å²) in [5.74, 6) is 1.92. The normalized spacial score (nSPS) is 11.9. The Balaban J connectivity index is 0.00000441. The summed E-state index contributed by atoms with van der Waals surface area (Å²) in [6, 6.07) is 0. The average molecular weight is 445 g/mol. The van der Waals surface area contributed by atoms with Crippen molar-refractivity contribution in [3.05, 3.63) is 17.3 Å². The molecule has 0 bridgehead atoms. The van der Waals surface area contributed by atoms with Crippen LogP contribution in [0, 0.1) is 13.8 Å². The first kappa shape index (κ1) is 21.1. The molecule has 1 rings (SSSR count). The first-order valence-electron chi connectivity index (χ1n) is 6.71. The molecule has 0 aromatic carbocycles. The Hall–Kier alpha value is -0.880. The second kappa shape index (κ2) is 10.0. The average Bonchev–Trinajstić information content (AvgIpc) is 2.70. The van der Waals surface area contributed by atoms with E-state index < -0.39 is 10.0 Å². The summed E-state index contributed by atoms with van der Waals surface area (Å²) >= 11 is 0. The highest BCUT2D eigenvalue weighted by molar-refractivity contribution is 14.0. The minimum Gasteiger partial charge on any atom is -0.444 e. The van der Waals surface area contributed by atoms with Crippen molar-refractivity contribution in [1.29, 1.82) is 0 Å². The summed E-state index contributed by atoms with van der Waals surface area (Å²) in [7, 11) is -3.17. The lowest BCUT2D eigenvalue weighted by atomic mass is 10.4. The number of rotatable bonds is 7. The molecule has 0 aliphatic heterocycles. The number of aryl methyl sites for hydroxylation is 2. The number of oxazole rings is 1. The van der Waals surface area contributed by atoms with Crippen LogP contribution in [-0.4, -0.2) is 45.3 Å². The van der Waals surface area contributed by atoms with Crippen LogP contribution < -0.4 is 15.4 Å². The van der Waals surface area contributed by atoms with Crippen molar-refractivity contribution < 1.29 is 12.8 Å². The minimum absolute atomic E-state index is 0. The van der Waals surface area contributed by atoms with Crippen LogP contribution in [0.1, 0.15) is 24.3 Å². The van der Waals surface area contributed by atoms with Gasteiger partial charge in [-0.15, -0.1) is 24.0 Å². The van der Waals surface area contributed by atoms with Crippen LogP contribution in [0.2, 0.25) is 0 Å². The van der Waals surface area contributed by atoms with Gasteiger partial charge in [0.25, 0.3) is 0 Å². The van der Waals surface area contributed by atoms with Gasteiger partial charge in [-0.2, -0.15) is 0 Å². The Bertz CT molecular complexity index is 566. The van der Waals surface area contributed by atoms with E-state index in [0.717, 1.165) is 17.7 Å². The van der Waals surface area contributed by atoms with Gasteiger partial charge in [0.15, 0.2) is 5.96 Å². The van der Waals surface area contributed by atoms with Crippen molar-refractivity contribution in [2.75, 3.05) is 25.9 Å². The molecule has 0 aliphatic carbocycles. The van der Waals surface area contributed by atoms with Gasteiger partial charge in [-0.3, -0.25) is 0 Å². The quantitative estimate of drug-likeness (QED) is 0.244. The first-order chi connectivity index (χ1) is 9.81. The van der Waals surface area contributed by atoms with Crippen LogP contribution in [0.5, 0.6) is 0 Å². The molecule has 128 valence electrons. The van der Waals surface area contributed by atoms with Crippen molar-refractivity contribution >= 4 is 40.0 Å². The van der Waals surface area contributed by atoms with Crippen LogP contribution in [0.25, 0.3) is 0 Å². The van der Waals surface area contributed by atoms with E-state index >= 15 is 0 Å². The lowest BCUT2D eigenvalue weighted by molar-refractivity contribution is 0.473. The molecule has 1 aromatic heterocycles. The molecule has 0 aliphatic rings. The molecule has 1 aromatic rings. The van der Waals surface area contributed by atoms with Gasteiger partial charge in [0.2, 0.25) is 15.9 Å². The van der Waals surface area contributed by atoms with E-state index in [-0.39, 0.29) is 24.0 Å². The van der Waals surface area contributed by atoms with Crippen molar-refractivity contribution in [3.63, 3.8) is 0 Å². The number of hydrogen-bond acceptors (Lipinski definition) is 5. The van der Waals surface area contributed by atoms with E-state index in [2.05, 4.69) is 25.3 Å². The Morgan fingerprint density at radius 3 is 2.45 bits per heavy atom. The van der Waals surface area contributed by atoms with E-state index in [4.69, 9.17) is 4.42 Å². The summed E-state index contributed by atoms with van der Waals surface area (Å²) in [4.78, 5) is 8.58. The number of halogens is 1. The number of sulfonamides is 1. The lowest BCUT2D eigenvalue weighted by Crippen LogP contribution is -2.41. The molecule has 8 nitrogen and oxygen atoms in total. The largest absolute Gasteiger partial charge is 0.444 e. The van der Waals surface area contributed by atoms with E-state index in [1.165, 1.54) is 0 Å². The van der Waals surface area contributed by atoms with Crippen LogP contribution in [0.3, 0.4) is 0 Å². The van der Waals surface area contributed by atoms with Gasteiger partial charge in [-0.05, 0) is 20.8 Å². The highest BCUT2D eigenvalue weighted by Crippen LogP contribution is 2.08. The van der Waals surface area contributed by atoms with Gasteiger partial charge in [-0.25, -0.2) is 23.1 Å². The Morgan fingerprint density at radius 1 is 1.27 bits per heavy atom. The standard InChI is InChI=1S/C12H23N5O3S.HI/c1-5-13-12(14-6-7-16-21(4,18)19)15-8-11-17-9(2)10(3)20-11;/h16H,5-8H2,1-4H3,(H2,13,14,15);1H. The van der Waals surface area contributed by atoms with Gasteiger partial charge in [0.05, 0.1) is 11.9 Å². The monoisotopic (exact) mass is 445 g/mol. The summed E-state index contributed by atoms with van der Waals surface area (Å²) < 4.78 is 29.7. The van der Waals surface area contributed by atoms with Gasteiger partial charge in [-0.1, -0.05) is 0 Å². The van der Waals surface area contributed by atoms with E-state index in [9.17, 15) is 8.42 Å². The molecule has 10 heteroatoms. The van der Waals surface area contributed by atoms with Gasteiger partial charge in [0.1, 0.15) is 12.3 Å². The molecule has 22 heavy (non-hydrogen) atoms. The van der Waals surface area contributed by atoms with Crippen LogP contribution in [0.4, 0.5) is 0 Å². The molecule has 0 amide bonds. The highest BCUT2D eigenvalue weighted by atomic mass is 127. The zero-order valence-corrected chi connectivity index (χ0v) is 16.4. The number of aliphatic imine (C=N–C) groups is 1. The number of guanidine groups is 1. The van der Waals surface area contributed by atoms with Crippen LogP contribution >= 0.6 is 24.0 Å². The maximum atomic E-state index is 10.9. The van der Waals surface area contributed by atoms with Crippen LogP contribution in [0.15, 0.2) is 9.41 Å². The summed E-state index contributed by atoms with van der Waals surface area (Å²) in [6.45, 7) is 7.44. The molecule has 3 N–H and O–H groups in total. The van der Waals surface area contributed by atoms with Gasteiger partial charge in [0, 0.05) is 19.6 Å². The third-order valence-electron chi connectivity index (χ3n) is 2.57. The summed E-state index contributed by atoms with van der Waals surface area (Å²) in [5, 5.41) is 6.09. The minimum atomic E-state index is -3.17. The predicted molar refractivity (Wildman–Crippen MR) is 97.1 cm³/mol. The Morgan fingerprint density at radius 2 is 1.95 bits per heavy atom.